The Bertz CT molecular complexity index is 571. The van der Waals surface area contributed by atoms with Crippen LogP contribution < -0.4 is 21.9 Å². The van der Waals surface area contributed by atoms with Crippen LogP contribution in [0.15, 0.2) is 34.7 Å². The van der Waals surface area contributed by atoms with E-state index in [0.29, 0.717) is 17.1 Å². The number of aryl methyl sites for hydroxylation is 1. The quantitative estimate of drug-likeness (QED) is 0.751. The molecular weight excluding hydrogens is 266 g/mol. The number of nitrogens with two attached hydrogens (primary N) is 3. The Morgan fingerprint density at radius 1 is 1.10 bits per heavy atom. The molecule has 21 heavy (non-hydrogen) atoms. The minimum absolute atomic E-state index is 0.609. The van der Waals surface area contributed by atoms with Crippen molar-refractivity contribution in [1.29, 1.82) is 0 Å². The Morgan fingerprint density at radius 2 is 1.76 bits per heavy atom. The van der Waals surface area contributed by atoms with Gasteiger partial charge in [-0.2, -0.15) is 0 Å². The highest BCUT2D eigenvalue weighted by molar-refractivity contribution is 5.67. The maximum absolute atomic E-state index is 5.73. The molecule has 0 radical (unpaired) electrons. The molecule has 2 aromatic rings. The van der Waals surface area contributed by atoms with Crippen LogP contribution in [0.5, 0.6) is 5.75 Å². The Kier molecular flexibility index (Phi) is 5.96. The molecule has 116 valence electrons. The van der Waals surface area contributed by atoms with Gasteiger partial charge in [0.25, 0.3) is 0 Å². The molecular formula is C16H25N3O2. The van der Waals surface area contributed by atoms with Gasteiger partial charge in [0, 0.05) is 12.0 Å². The van der Waals surface area contributed by atoms with E-state index in [1.165, 1.54) is 0 Å². The van der Waals surface area contributed by atoms with Gasteiger partial charge in [-0.15, -0.1) is 0 Å². The third-order valence-electron chi connectivity index (χ3n) is 2.98. The molecule has 2 rings (SSSR count). The summed E-state index contributed by atoms with van der Waals surface area (Å²) in [5, 5.41) is 0. The Hall–Kier alpha value is -1.82. The van der Waals surface area contributed by atoms with Crippen LogP contribution in [0.1, 0.15) is 32.1 Å². The van der Waals surface area contributed by atoms with Gasteiger partial charge in [-0.25, -0.2) is 0 Å². The van der Waals surface area contributed by atoms with Crippen molar-refractivity contribution in [3.05, 3.63) is 41.7 Å². The fourth-order valence-electron chi connectivity index (χ4n) is 1.88. The van der Waals surface area contributed by atoms with Crippen LogP contribution in [-0.4, -0.2) is 7.11 Å². The Balaban J connectivity index is 0.00000106. The van der Waals surface area contributed by atoms with E-state index in [-0.39, 0.29) is 0 Å². The third kappa shape index (κ3) is 4.07. The molecule has 5 heteroatoms. The van der Waals surface area contributed by atoms with Gasteiger partial charge >= 0.3 is 0 Å². The number of rotatable bonds is 4. The fraction of sp³-hybridized carbons (Fsp3) is 0.375. The number of benzene rings is 1. The van der Waals surface area contributed by atoms with Gasteiger partial charge in [-0.05, 0) is 24.3 Å². The molecule has 1 aromatic carbocycles. The zero-order chi connectivity index (χ0) is 16.0. The average Bonchev–Trinajstić information content (AvgIpc) is 2.96. The maximum atomic E-state index is 5.73. The number of hydrogen-bond acceptors (Lipinski definition) is 5. The van der Waals surface area contributed by atoms with Crippen LogP contribution in [0.2, 0.25) is 0 Å². The van der Waals surface area contributed by atoms with Crippen molar-refractivity contribution < 1.29 is 9.15 Å². The molecule has 6 N–H and O–H groups in total. The van der Waals surface area contributed by atoms with E-state index in [0.717, 1.165) is 17.7 Å². The Labute approximate surface area is 126 Å². The van der Waals surface area contributed by atoms with E-state index in [1.54, 1.807) is 25.3 Å². The normalized spacial score (nSPS) is 10.8. The monoisotopic (exact) mass is 291 g/mol. The molecule has 1 heterocycles. The van der Waals surface area contributed by atoms with Gasteiger partial charge in [0.1, 0.15) is 23.1 Å². The van der Waals surface area contributed by atoms with E-state index in [1.807, 2.05) is 32.9 Å². The number of methoxy groups -OCH3 is 1. The van der Waals surface area contributed by atoms with E-state index in [4.69, 9.17) is 26.4 Å². The lowest BCUT2D eigenvalue weighted by molar-refractivity contribution is 0.412. The summed E-state index contributed by atoms with van der Waals surface area (Å²) in [5.41, 5.74) is 18.5. The maximum Gasteiger partial charge on any atom is 0.142 e. The van der Waals surface area contributed by atoms with Gasteiger partial charge in [-0.3, -0.25) is 17.2 Å². The molecule has 0 unspecified atom stereocenters. The topological polar surface area (TPSA) is 100 Å². The van der Waals surface area contributed by atoms with Crippen molar-refractivity contribution in [2.24, 2.45) is 17.2 Å². The molecule has 0 aliphatic carbocycles. The molecule has 0 saturated carbocycles. The van der Waals surface area contributed by atoms with Crippen molar-refractivity contribution in [1.82, 2.24) is 0 Å². The highest BCUT2D eigenvalue weighted by atomic mass is 16.5. The third-order valence-corrected chi connectivity index (χ3v) is 2.98. The van der Waals surface area contributed by atoms with Crippen molar-refractivity contribution in [3.8, 4) is 17.1 Å². The van der Waals surface area contributed by atoms with Gasteiger partial charge < -0.3 is 9.15 Å². The predicted octanol–water partition coefficient (Wildman–Crippen LogP) is 2.53. The molecule has 0 spiro atoms. The van der Waals surface area contributed by atoms with Crippen molar-refractivity contribution in [3.63, 3.8) is 0 Å². The Morgan fingerprint density at radius 3 is 2.24 bits per heavy atom. The molecule has 1 aromatic heterocycles. The lowest BCUT2D eigenvalue weighted by atomic mass is 10.0. The summed E-state index contributed by atoms with van der Waals surface area (Å²) in [6, 6.07) is 9.14. The largest absolute Gasteiger partial charge is 0.496 e. The summed E-state index contributed by atoms with van der Waals surface area (Å²) in [7, 11) is 1.60. The number of furan rings is 1. The van der Waals surface area contributed by atoms with E-state index in [9.17, 15) is 0 Å². The second-order valence-corrected chi connectivity index (χ2v) is 4.47. The average molecular weight is 291 g/mol. The first kappa shape index (κ1) is 17.2. The van der Waals surface area contributed by atoms with Crippen LogP contribution in [0.4, 0.5) is 0 Å². The summed E-state index contributed by atoms with van der Waals surface area (Å²) in [4.78, 5) is 0. The molecule has 0 saturated heterocycles. The SMILES string of the molecule is CC.CCc1ccc(-c2cc(C(N)(N)N)ccc2OC)o1. The summed E-state index contributed by atoms with van der Waals surface area (Å²) < 4.78 is 11.1. The lowest BCUT2D eigenvalue weighted by Crippen LogP contribution is -2.54. The van der Waals surface area contributed by atoms with E-state index in [2.05, 4.69) is 0 Å². The summed E-state index contributed by atoms with van der Waals surface area (Å²) in [6.45, 7) is 6.03. The molecule has 0 amide bonds. The first-order chi connectivity index (χ1) is 9.95. The summed E-state index contributed by atoms with van der Waals surface area (Å²) >= 11 is 0. The van der Waals surface area contributed by atoms with Crippen LogP contribution in [-0.2, 0) is 12.2 Å². The number of ether oxygens (including phenoxy) is 1. The molecule has 0 aliphatic rings. The first-order valence-electron chi connectivity index (χ1n) is 7.10. The van der Waals surface area contributed by atoms with Crippen molar-refractivity contribution in [2.45, 2.75) is 33.0 Å². The molecule has 0 aliphatic heterocycles. The highest BCUT2D eigenvalue weighted by Gasteiger charge is 2.19. The second kappa shape index (κ2) is 7.26. The standard InChI is InChI=1S/C14H19N3O2.C2H6/c1-3-10-5-7-13(19-10)11-8-9(14(15,16)17)4-6-12(11)18-2;1-2/h4-8H,3,15-17H2,1-2H3;1-2H3. The minimum Gasteiger partial charge on any atom is -0.496 e. The zero-order valence-electron chi connectivity index (χ0n) is 13.1. The fourth-order valence-corrected chi connectivity index (χ4v) is 1.88. The summed E-state index contributed by atoms with van der Waals surface area (Å²) in [5.74, 6) is 0.910. The lowest BCUT2D eigenvalue weighted by Gasteiger charge is -2.20. The molecule has 0 fully saturated rings. The molecule has 0 atom stereocenters. The van der Waals surface area contributed by atoms with Crippen LogP contribution in [0, 0.1) is 0 Å². The number of hydrogen-bond donors (Lipinski definition) is 3. The van der Waals surface area contributed by atoms with Crippen LogP contribution in [0.3, 0.4) is 0 Å². The molecule has 0 bridgehead atoms. The van der Waals surface area contributed by atoms with E-state index < -0.39 is 5.79 Å². The van der Waals surface area contributed by atoms with Gasteiger partial charge in [0.15, 0.2) is 0 Å². The highest BCUT2D eigenvalue weighted by Crippen LogP contribution is 2.33. The predicted molar refractivity (Wildman–Crippen MR) is 85.7 cm³/mol. The van der Waals surface area contributed by atoms with Crippen LogP contribution in [0.25, 0.3) is 11.3 Å². The second-order valence-electron chi connectivity index (χ2n) is 4.47. The van der Waals surface area contributed by atoms with Crippen LogP contribution >= 0.6 is 0 Å². The van der Waals surface area contributed by atoms with Gasteiger partial charge in [0.05, 0.1) is 12.7 Å². The summed E-state index contributed by atoms with van der Waals surface area (Å²) in [6.07, 6.45) is 0.830. The zero-order valence-corrected chi connectivity index (χ0v) is 13.1. The van der Waals surface area contributed by atoms with Crippen molar-refractivity contribution in [2.75, 3.05) is 7.11 Å². The smallest absolute Gasteiger partial charge is 0.142 e. The van der Waals surface area contributed by atoms with Gasteiger partial charge in [-0.1, -0.05) is 26.8 Å². The van der Waals surface area contributed by atoms with E-state index >= 15 is 0 Å². The van der Waals surface area contributed by atoms with Crippen molar-refractivity contribution >= 4 is 0 Å². The minimum atomic E-state index is -1.39. The molecule has 5 nitrogen and oxygen atoms in total. The first-order valence-corrected chi connectivity index (χ1v) is 7.10. The van der Waals surface area contributed by atoms with Gasteiger partial charge in [0.2, 0.25) is 0 Å².